The third kappa shape index (κ3) is 2.78. The van der Waals surface area contributed by atoms with Crippen molar-refractivity contribution in [2.45, 2.75) is 25.3 Å². The van der Waals surface area contributed by atoms with Gasteiger partial charge in [0.05, 0.1) is 5.39 Å². The summed E-state index contributed by atoms with van der Waals surface area (Å²) in [5.74, 6) is 1.44. The highest BCUT2D eigenvalue weighted by Gasteiger charge is 2.19. The van der Waals surface area contributed by atoms with Crippen LogP contribution >= 0.6 is 0 Å². The molecule has 0 atom stereocenters. The standard InChI is InChI=1S/C18H20N6/c1-11(19)12-5-7-14(8-6-12)22-18-23-16-15(9-10-20-16)17(24-18)21-13-3-2-4-13/h5-10,13H,1-4,19H2,(H3,20,21,22,23,24). The molecule has 1 aromatic carbocycles. The maximum absolute atomic E-state index is 5.70. The predicted molar refractivity (Wildman–Crippen MR) is 98.1 cm³/mol. The van der Waals surface area contributed by atoms with Crippen molar-refractivity contribution >= 4 is 34.2 Å². The zero-order valence-electron chi connectivity index (χ0n) is 13.3. The molecule has 6 nitrogen and oxygen atoms in total. The van der Waals surface area contributed by atoms with Crippen LogP contribution in [-0.4, -0.2) is 21.0 Å². The molecule has 2 heterocycles. The number of aromatic amines is 1. The van der Waals surface area contributed by atoms with Crippen molar-refractivity contribution in [3.05, 3.63) is 48.7 Å². The van der Waals surface area contributed by atoms with Crippen LogP contribution in [0.25, 0.3) is 16.7 Å². The monoisotopic (exact) mass is 320 g/mol. The molecule has 0 unspecified atom stereocenters. The summed E-state index contributed by atoms with van der Waals surface area (Å²) >= 11 is 0. The summed E-state index contributed by atoms with van der Waals surface area (Å²) in [7, 11) is 0. The lowest BCUT2D eigenvalue weighted by atomic mass is 9.93. The van der Waals surface area contributed by atoms with E-state index in [9.17, 15) is 0 Å². The molecule has 3 aromatic rings. The van der Waals surface area contributed by atoms with Crippen LogP contribution in [0, 0.1) is 0 Å². The van der Waals surface area contributed by atoms with E-state index in [0.717, 1.165) is 28.1 Å². The number of hydrogen-bond acceptors (Lipinski definition) is 5. The fourth-order valence-electron chi connectivity index (χ4n) is 2.75. The second-order valence-electron chi connectivity index (χ2n) is 6.14. The lowest BCUT2D eigenvalue weighted by Gasteiger charge is -2.27. The van der Waals surface area contributed by atoms with E-state index in [2.05, 4.69) is 32.2 Å². The van der Waals surface area contributed by atoms with Gasteiger partial charge < -0.3 is 21.4 Å². The van der Waals surface area contributed by atoms with Crippen LogP contribution in [-0.2, 0) is 0 Å². The largest absolute Gasteiger partial charge is 0.399 e. The van der Waals surface area contributed by atoms with Gasteiger partial charge in [-0.3, -0.25) is 0 Å². The van der Waals surface area contributed by atoms with Crippen LogP contribution in [0.5, 0.6) is 0 Å². The van der Waals surface area contributed by atoms with Crippen molar-refractivity contribution in [2.24, 2.45) is 5.73 Å². The Hall–Kier alpha value is -3.02. The Morgan fingerprint density at radius 3 is 2.62 bits per heavy atom. The highest BCUT2D eigenvalue weighted by atomic mass is 15.2. The molecule has 24 heavy (non-hydrogen) atoms. The molecule has 0 radical (unpaired) electrons. The number of rotatable bonds is 5. The van der Waals surface area contributed by atoms with Crippen molar-refractivity contribution in [2.75, 3.05) is 10.6 Å². The van der Waals surface area contributed by atoms with Crippen LogP contribution in [0.1, 0.15) is 24.8 Å². The molecule has 1 fully saturated rings. The maximum atomic E-state index is 5.70. The first kappa shape index (κ1) is 14.6. The van der Waals surface area contributed by atoms with E-state index in [0.29, 0.717) is 17.7 Å². The molecule has 4 rings (SSSR count). The molecule has 1 saturated carbocycles. The van der Waals surface area contributed by atoms with Crippen LogP contribution < -0.4 is 16.4 Å². The van der Waals surface area contributed by atoms with Gasteiger partial charge in [-0.15, -0.1) is 0 Å². The second-order valence-corrected chi connectivity index (χ2v) is 6.14. The Morgan fingerprint density at radius 1 is 1.17 bits per heavy atom. The van der Waals surface area contributed by atoms with E-state index in [1.807, 2.05) is 36.5 Å². The number of hydrogen-bond donors (Lipinski definition) is 4. The summed E-state index contributed by atoms with van der Waals surface area (Å²) in [4.78, 5) is 12.4. The van der Waals surface area contributed by atoms with Gasteiger partial charge in [-0.05, 0) is 43.0 Å². The average molecular weight is 320 g/mol. The highest BCUT2D eigenvalue weighted by Crippen LogP contribution is 2.28. The number of nitrogens with one attached hydrogen (secondary N) is 3. The number of aromatic nitrogens is 3. The Balaban J connectivity index is 1.62. The van der Waals surface area contributed by atoms with Crippen molar-refractivity contribution in [1.29, 1.82) is 0 Å². The van der Waals surface area contributed by atoms with Gasteiger partial charge in [0.2, 0.25) is 5.95 Å². The third-order valence-electron chi connectivity index (χ3n) is 4.37. The summed E-state index contributed by atoms with van der Waals surface area (Å²) in [6, 6.07) is 10.2. The highest BCUT2D eigenvalue weighted by molar-refractivity contribution is 5.88. The van der Waals surface area contributed by atoms with Gasteiger partial charge in [0, 0.05) is 23.6 Å². The van der Waals surface area contributed by atoms with Gasteiger partial charge in [-0.1, -0.05) is 18.7 Å². The minimum Gasteiger partial charge on any atom is -0.399 e. The predicted octanol–water partition coefficient (Wildman–Crippen LogP) is 3.60. The van der Waals surface area contributed by atoms with Crippen molar-refractivity contribution < 1.29 is 0 Å². The van der Waals surface area contributed by atoms with Crippen molar-refractivity contribution in [3.8, 4) is 0 Å². The maximum Gasteiger partial charge on any atom is 0.231 e. The fourth-order valence-corrected chi connectivity index (χ4v) is 2.75. The molecule has 5 N–H and O–H groups in total. The Bertz CT molecular complexity index is 876. The van der Waals surface area contributed by atoms with Gasteiger partial charge in [0.25, 0.3) is 0 Å². The minimum atomic E-state index is 0.515. The van der Waals surface area contributed by atoms with E-state index < -0.39 is 0 Å². The zero-order valence-corrected chi connectivity index (χ0v) is 13.3. The first-order valence-electron chi connectivity index (χ1n) is 8.12. The van der Waals surface area contributed by atoms with E-state index in [1.165, 1.54) is 19.3 Å². The van der Waals surface area contributed by atoms with Crippen LogP contribution in [0.2, 0.25) is 0 Å². The first-order valence-corrected chi connectivity index (χ1v) is 8.12. The number of H-pyrrole nitrogens is 1. The number of nitrogens with zero attached hydrogens (tertiary/aromatic N) is 2. The summed E-state index contributed by atoms with van der Waals surface area (Å²) in [6.45, 7) is 3.74. The Labute approximate surface area is 140 Å². The van der Waals surface area contributed by atoms with E-state index in [1.54, 1.807) is 0 Å². The van der Waals surface area contributed by atoms with Crippen molar-refractivity contribution in [3.63, 3.8) is 0 Å². The molecule has 0 amide bonds. The molecule has 6 heteroatoms. The quantitative estimate of drug-likeness (QED) is 0.576. The number of nitrogens with two attached hydrogens (primary N) is 1. The smallest absolute Gasteiger partial charge is 0.231 e. The molecule has 0 aliphatic heterocycles. The van der Waals surface area contributed by atoms with Gasteiger partial charge in [-0.2, -0.15) is 9.97 Å². The molecule has 0 spiro atoms. The summed E-state index contributed by atoms with van der Waals surface area (Å²) < 4.78 is 0. The normalized spacial score (nSPS) is 14.3. The van der Waals surface area contributed by atoms with E-state index in [-0.39, 0.29) is 0 Å². The molecule has 0 saturated heterocycles. The van der Waals surface area contributed by atoms with Crippen molar-refractivity contribution in [1.82, 2.24) is 15.0 Å². The molecule has 1 aliphatic rings. The molecular weight excluding hydrogens is 300 g/mol. The van der Waals surface area contributed by atoms with Gasteiger partial charge in [0.1, 0.15) is 11.5 Å². The number of fused-ring (bicyclic) bond motifs is 1. The molecule has 2 aromatic heterocycles. The third-order valence-corrected chi connectivity index (χ3v) is 4.37. The minimum absolute atomic E-state index is 0.515. The topological polar surface area (TPSA) is 91.6 Å². The Morgan fingerprint density at radius 2 is 1.96 bits per heavy atom. The number of anilines is 3. The summed E-state index contributed by atoms with van der Waals surface area (Å²) in [6.07, 6.45) is 5.56. The van der Waals surface area contributed by atoms with E-state index >= 15 is 0 Å². The first-order chi connectivity index (χ1) is 11.7. The van der Waals surface area contributed by atoms with E-state index in [4.69, 9.17) is 5.73 Å². The lowest BCUT2D eigenvalue weighted by molar-refractivity contribution is 0.445. The van der Waals surface area contributed by atoms with Crippen LogP contribution in [0.15, 0.2) is 43.1 Å². The average Bonchev–Trinajstić information content (AvgIpc) is 3.00. The second kappa shape index (κ2) is 5.88. The molecule has 1 aliphatic carbocycles. The lowest BCUT2D eigenvalue weighted by Crippen LogP contribution is -2.27. The fraction of sp³-hybridized carbons (Fsp3) is 0.222. The van der Waals surface area contributed by atoms with Gasteiger partial charge in [-0.25, -0.2) is 0 Å². The van der Waals surface area contributed by atoms with Crippen LogP contribution in [0.3, 0.4) is 0 Å². The summed E-state index contributed by atoms with van der Waals surface area (Å²) in [5, 5.41) is 7.78. The van der Waals surface area contributed by atoms with Crippen LogP contribution in [0.4, 0.5) is 17.5 Å². The number of benzene rings is 1. The van der Waals surface area contributed by atoms with Gasteiger partial charge in [0.15, 0.2) is 0 Å². The van der Waals surface area contributed by atoms with Gasteiger partial charge >= 0.3 is 0 Å². The molecular formula is C18H20N6. The Kier molecular flexibility index (Phi) is 3.57. The molecule has 122 valence electrons. The zero-order chi connectivity index (χ0) is 16.5. The summed E-state index contributed by atoms with van der Waals surface area (Å²) in [5.41, 5.74) is 8.89. The molecule has 0 bridgehead atoms. The SMILES string of the molecule is C=C(N)c1ccc(Nc2nc(NC3CCC3)c3cc[nH]c3n2)cc1.